The molecule has 0 spiro atoms. The van der Waals surface area contributed by atoms with Gasteiger partial charge in [0.1, 0.15) is 5.82 Å². The van der Waals surface area contributed by atoms with Crippen LogP contribution in [0.25, 0.3) is 0 Å². The number of nitrogens with two attached hydrogens (primary N) is 1. The van der Waals surface area contributed by atoms with Gasteiger partial charge in [-0.15, -0.1) is 0 Å². The summed E-state index contributed by atoms with van der Waals surface area (Å²) in [6, 6.07) is 5.31. The van der Waals surface area contributed by atoms with Crippen molar-refractivity contribution in [1.29, 1.82) is 0 Å². The van der Waals surface area contributed by atoms with E-state index in [1.54, 1.807) is 12.1 Å². The van der Waals surface area contributed by atoms with Crippen molar-refractivity contribution in [1.82, 2.24) is 4.90 Å². The first-order valence-corrected chi connectivity index (χ1v) is 7.11. The minimum atomic E-state index is -0.271. The predicted molar refractivity (Wildman–Crippen MR) is 72.7 cm³/mol. The lowest BCUT2D eigenvalue weighted by Crippen LogP contribution is -2.49. The van der Waals surface area contributed by atoms with Crippen LogP contribution in [0.5, 0.6) is 0 Å². The molecule has 5 heteroatoms. The summed E-state index contributed by atoms with van der Waals surface area (Å²) in [4.78, 5) is 2.34. The van der Waals surface area contributed by atoms with Gasteiger partial charge in [-0.3, -0.25) is 4.90 Å². The van der Waals surface area contributed by atoms with Gasteiger partial charge in [-0.25, -0.2) is 4.39 Å². The minimum Gasteiger partial charge on any atom is -0.374 e. The first-order valence-electron chi connectivity index (χ1n) is 6.73. The maximum Gasteiger partial charge on any atom is 0.129 e. The fraction of sp³-hybridized carbons (Fsp3) is 0.571. The minimum absolute atomic E-state index is 0.0940. The molecule has 104 valence electrons. The molecule has 2 N–H and O–H groups in total. The molecule has 3 nitrogen and oxygen atoms in total. The molecule has 1 heterocycles. The van der Waals surface area contributed by atoms with Gasteiger partial charge in [0.2, 0.25) is 0 Å². The second kappa shape index (κ2) is 5.37. The zero-order chi connectivity index (χ0) is 13.4. The largest absolute Gasteiger partial charge is 0.374 e. The van der Waals surface area contributed by atoms with Gasteiger partial charge in [-0.2, -0.15) is 0 Å². The summed E-state index contributed by atoms with van der Waals surface area (Å²) < 4.78 is 19.9. The highest BCUT2D eigenvalue weighted by Crippen LogP contribution is 2.39. The smallest absolute Gasteiger partial charge is 0.129 e. The number of nitrogens with zero attached hydrogens (tertiary/aromatic N) is 1. The van der Waals surface area contributed by atoms with Gasteiger partial charge < -0.3 is 10.5 Å². The van der Waals surface area contributed by atoms with E-state index in [1.165, 1.54) is 18.9 Å². The number of hydrogen-bond donors (Lipinski definition) is 1. The second-order valence-corrected chi connectivity index (χ2v) is 5.66. The molecule has 0 amide bonds. The van der Waals surface area contributed by atoms with Crippen LogP contribution in [0.1, 0.15) is 24.4 Å². The van der Waals surface area contributed by atoms with Gasteiger partial charge in [0, 0.05) is 29.7 Å². The van der Waals surface area contributed by atoms with Crippen LogP contribution < -0.4 is 5.73 Å². The fourth-order valence-electron chi connectivity index (χ4n) is 2.89. The summed E-state index contributed by atoms with van der Waals surface area (Å²) in [5, 5.41) is 0.417. The molecule has 0 bridgehead atoms. The molecule has 2 unspecified atom stereocenters. The third-order valence-electron chi connectivity index (χ3n) is 3.92. The Bertz CT molecular complexity index is 467. The lowest BCUT2D eigenvalue weighted by Gasteiger charge is -2.41. The molecule has 2 aliphatic rings. The van der Waals surface area contributed by atoms with Crippen LogP contribution in [0.3, 0.4) is 0 Å². The van der Waals surface area contributed by atoms with E-state index in [0.29, 0.717) is 29.8 Å². The summed E-state index contributed by atoms with van der Waals surface area (Å²) in [5.41, 5.74) is 6.44. The van der Waals surface area contributed by atoms with Gasteiger partial charge in [0.25, 0.3) is 0 Å². The van der Waals surface area contributed by atoms with Gasteiger partial charge in [0.15, 0.2) is 0 Å². The fourth-order valence-corrected chi connectivity index (χ4v) is 3.05. The van der Waals surface area contributed by atoms with Crippen molar-refractivity contribution in [3.8, 4) is 0 Å². The molecular formula is C14H18ClFN2O. The van der Waals surface area contributed by atoms with E-state index < -0.39 is 0 Å². The Labute approximate surface area is 117 Å². The molecule has 1 aliphatic carbocycles. The average molecular weight is 285 g/mol. The molecule has 1 aromatic carbocycles. The molecule has 1 aliphatic heterocycles. The maximum absolute atomic E-state index is 14.2. The van der Waals surface area contributed by atoms with Crippen molar-refractivity contribution < 1.29 is 9.13 Å². The number of ether oxygens (including phenoxy) is 1. The zero-order valence-electron chi connectivity index (χ0n) is 10.7. The van der Waals surface area contributed by atoms with Crippen LogP contribution in [0.2, 0.25) is 5.02 Å². The van der Waals surface area contributed by atoms with Crippen LogP contribution in [0.15, 0.2) is 18.2 Å². The number of rotatable bonds is 3. The summed E-state index contributed by atoms with van der Waals surface area (Å²) in [6.07, 6.45) is 2.22. The Morgan fingerprint density at radius 3 is 2.84 bits per heavy atom. The van der Waals surface area contributed by atoms with Crippen LogP contribution in [-0.4, -0.2) is 36.7 Å². The van der Waals surface area contributed by atoms with Crippen LogP contribution in [0.4, 0.5) is 4.39 Å². The standard InChI is InChI=1S/C14H18ClFN2O/c15-9-1-4-11(12(16)7-9)14-13(8-17)19-6-5-18(14)10-2-3-10/h1,4,7,10,13-14H,2-3,5-6,8,17H2. The van der Waals surface area contributed by atoms with E-state index in [2.05, 4.69) is 4.90 Å². The van der Waals surface area contributed by atoms with Gasteiger partial charge in [-0.1, -0.05) is 17.7 Å². The van der Waals surface area contributed by atoms with Crippen LogP contribution >= 0.6 is 11.6 Å². The lowest BCUT2D eigenvalue weighted by atomic mass is 9.97. The monoisotopic (exact) mass is 284 g/mol. The van der Waals surface area contributed by atoms with Crippen molar-refractivity contribution in [3.05, 3.63) is 34.6 Å². The number of morpholine rings is 1. The Hall–Kier alpha value is -0.680. The third kappa shape index (κ3) is 2.63. The Morgan fingerprint density at radius 2 is 2.21 bits per heavy atom. The average Bonchev–Trinajstić information content (AvgIpc) is 3.22. The van der Waals surface area contributed by atoms with Crippen molar-refractivity contribution in [2.24, 2.45) is 5.73 Å². The molecular weight excluding hydrogens is 267 g/mol. The molecule has 2 fully saturated rings. The van der Waals surface area contributed by atoms with E-state index in [0.717, 1.165) is 6.54 Å². The first kappa shape index (κ1) is 13.3. The molecule has 1 saturated carbocycles. The Morgan fingerprint density at radius 1 is 1.42 bits per heavy atom. The van der Waals surface area contributed by atoms with E-state index in [1.807, 2.05) is 0 Å². The zero-order valence-corrected chi connectivity index (χ0v) is 11.4. The van der Waals surface area contributed by atoms with Gasteiger partial charge >= 0.3 is 0 Å². The van der Waals surface area contributed by atoms with E-state index in [4.69, 9.17) is 22.1 Å². The third-order valence-corrected chi connectivity index (χ3v) is 4.16. The van der Waals surface area contributed by atoms with Crippen molar-refractivity contribution in [3.63, 3.8) is 0 Å². The lowest BCUT2D eigenvalue weighted by molar-refractivity contribution is -0.0722. The van der Waals surface area contributed by atoms with Gasteiger partial charge in [-0.05, 0) is 25.0 Å². The van der Waals surface area contributed by atoms with Gasteiger partial charge in [0.05, 0.1) is 18.8 Å². The number of hydrogen-bond acceptors (Lipinski definition) is 3. The molecule has 2 atom stereocenters. The molecule has 0 aromatic heterocycles. The van der Waals surface area contributed by atoms with E-state index in [9.17, 15) is 4.39 Å². The second-order valence-electron chi connectivity index (χ2n) is 5.22. The van der Waals surface area contributed by atoms with Crippen molar-refractivity contribution >= 4 is 11.6 Å². The summed E-state index contributed by atoms with van der Waals surface area (Å²) in [7, 11) is 0. The predicted octanol–water partition coefficient (Wildman–Crippen LogP) is 2.34. The van der Waals surface area contributed by atoms with Crippen molar-refractivity contribution in [2.75, 3.05) is 19.7 Å². The molecule has 1 saturated heterocycles. The Balaban J connectivity index is 1.95. The first-order chi connectivity index (χ1) is 9.20. The highest BCUT2D eigenvalue weighted by atomic mass is 35.5. The highest BCUT2D eigenvalue weighted by Gasteiger charge is 2.41. The Kier molecular flexibility index (Phi) is 3.76. The van der Waals surface area contributed by atoms with E-state index in [-0.39, 0.29) is 18.0 Å². The highest BCUT2D eigenvalue weighted by molar-refractivity contribution is 6.30. The molecule has 3 rings (SSSR count). The summed E-state index contributed by atoms with van der Waals surface area (Å²) in [6.45, 7) is 1.91. The quantitative estimate of drug-likeness (QED) is 0.926. The van der Waals surface area contributed by atoms with Crippen LogP contribution in [-0.2, 0) is 4.74 Å². The topological polar surface area (TPSA) is 38.5 Å². The SMILES string of the molecule is NCC1OCCN(C2CC2)C1c1ccc(Cl)cc1F. The van der Waals surface area contributed by atoms with E-state index >= 15 is 0 Å². The van der Waals surface area contributed by atoms with Crippen LogP contribution in [0, 0.1) is 5.82 Å². The molecule has 19 heavy (non-hydrogen) atoms. The maximum atomic E-state index is 14.2. The summed E-state index contributed by atoms with van der Waals surface area (Å²) >= 11 is 5.83. The number of benzene rings is 1. The molecule has 0 radical (unpaired) electrons. The number of halogens is 2. The van der Waals surface area contributed by atoms with Crippen molar-refractivity contribution in [2.45, 2.75) is 31.0 Å². The normalized spacial score (nSPS) is 28.6. The molecule has 1 aromatic rings. The summed E-state index contributed by atoms with van der Waals surface area (Å²) in [5.74, 6) is -0.271.